The Morgan fingerprint density at radius 2 is 1.31 bits per heavy atom. The fourth-order valence-electron chi connectivity index (χ4n) is 6.56. The quantitative estimate of drug-likeness (QED) is 0.139. The molecule has 0 saturated carbocycles. The topological polar surface area (TPSA) is 90.0 Å². The van der Waals surface area contributed by atoms with Crippen LogP contribution in [0.3, 0.4) is 0 Å². The standard InChI is InChI=1S/C29H26N3.C13H28O2.Ir/c1-6-23-15-22(16-30)7-8-26(23)27-17-31-28(24-11-18(2)9-19(3)12-24)29(32-27)25-13-20(4)10-21(5)14-25;1-5-10(6-2)12(14)9-13(15)11(7-3)8-4;/h7-11,13-15,17H,6H2,1-5H3;10-15H,5-9H2,1-4H3;/q-1;;. The van der Waals surface area contributed by atoms with Gasteiger partial charge in [-0.2, -0.15) is 5.26 Å². The molecule has 2 unspecified atom stereocenters. The van der Waals surface area contributed by atoms with Crippen molar-refractivity contribution in [1.82, 2.24) is 9.97 Å². The summed E-state index contributed by atoms with van der Waals surface area (Å²) in [6.07, 6.45) is 6.50. The zero-order chi connectivity index (χ0) is 34.7. The normalized spacial score (nSPS) is 12.2. The molecule has 0 saturated heterocycles. The molecule has 5 nitrogen and oxygen atoms in total. The molecule has 1 radical (unpaired) electrons. The molecule has 6 heteroatoms. The molecule has 0 amide bonds. The van der Waals surface area contributed by atoms with Crippen LogP contribution in [-0.4, -0.2) is 32.4 Å². The minimum atomic E-state index is -0.337. The molecule has 3 aromatic carbocycles. The van der Waals surface area contributed by atoms with Crippen molar-refractivity contribution < 1.29 is 30.3 Å². The number of hydrogen-bond acceptors (Lipinski definition) is 5. The maximum absolute atomic E-state index is 9.96. The van der Waals surface area contributed by atoms with Gasteiger partial charge in [0.1, 0.15) is 0 Å². The zero-order valence-electron chi connectivity index (χ0n) is 30.3. The number of nitrogens with zero attached hydrogens (tertiary/aromatic N) is 3. The number of hydrogen-bond donors (Lipinski definition) is 2. The predicted octanol–water partition coefficient (Wildman–Crippen LogP) is 9.91. The summed E-state index contributed by atoms with van der Waals surface area (Å²) in [5.74, 6) is 0.683. The monoisotopic (exact) mass is 825 g/mol. The first-order chi connectivity index (χ1) is 22.5. The van der Waals surface area contributed by atoms with Gasteiger partial charge < -0.3 is 15.2 Å². The van der Waals surface area contributed by atoms with E-state index in [0.29, 0.717) is 23.8 Å². The average molecular weight is 825 g/mol. The maximum Gasteiger partial charge on any atom is 0.0991 e. The first-order valence-corrected chi connectivity index (χ1v) is 17.3. The van der Waals surface area contributed by atoms with E-state index in [-0.39, 0.29) is 32.3 Å². The van der Waals surface area contributed by atoms with Gasteiger partial charge in [0.05, 0.1) is 35.2 Å². The van der Waals surface area contributed by atoms with E-state index in [2.05, 4.69) is 105 Å². The smallest absolute Gasteiger partial charge is 0.0991 e. The number of aliphatic hydroxyl groups is 2. The molecule has 0 aliphatic rings. The van der Waals surface area contributed by atoms with E-state index < -0.39 is 0 Å². The summed E-state index contributed by atoms with van der Waals surface area (Å²) in [6.45, 7) is 18.8. The molecule has 0 fully saturated rings. The van der Waals surface area contributed by atoms with Crippen LogP contribution in [0.1, 0.15) is 100 Å². The van der Waals surface area contributed by atoms with E-state index in [9.17, 15) is 15.5 Å². The van der Waals surface area contributed by atoms with E-state index in [1.54, 1.807) is 0 Å². The molecule has 1 aromatic heterocycles. The van der Waals surface area contributed by atoms with Crippen molar-refractivity contribution in [3.05, 3.63) is 94.2 Å². The molecule has 0 spiro atoms. The second kappa shape index (κ2) is 19.7. The van der Waals surface area contributed by atoms with Crippen molar-refractivity contribution in [3.63, 3.8) is 0 Å². The second-order valence-corrected chi connectivity index (χ2v) is 12.9. The number of nitriles is 1. The third-order valence-corrected chi connectivity index (χ3v) is 9.23. The Kier molecular flexibility index (Phi) is 16.8. The Balaban J connectivity index is 0.000000427. The van der Waals surface area contributed by atoms with Crippen LogP contribution in [0.15, 0.2) is 54.7 Å². The first-order valence-electron chi connectivity index (χ1n) is 17.3. The van der Waals surface area contributed by atoms with Gasteiger partial charge in [0, 0.05) is 37.6 Å². The Morgan fingerprint density at radius 1 is 0.750 bits per heavy atom. The fraction of sp³-hybridized carbons (Fsp3) is 0.452. The van der Waals surface area contributed by atoms with Crippen molar-refractivity contribution in [2.24, 2.45) is 11.8 Å². The largest absolute Gasteiger partial charge is 0.393 e. The van der Waals surface area contributed by atoms with Crippen LogP contribution in [0.2, 0.25) is 0 Å². The van der Waals surface area contributed by atoms with Crippen LogP contribution >= 0.6 is 0 Å². The number of aryl methyl sites for hydroxylation is 5. The van der Waals surface area contributed by atoms with Crippen LogP contribution in [0, 0.1) is 56.9 Å². The van der Waals surface area contributed by atoms with Crippen molar-refractivity contribution in [2.75, 3.05) is 0 Å². The number of aromatic nitrogens is 2. The summed E-state index contributed by atoms with van der Waals surface area (Å²) in [5.41, 5.74) is 11.9. The minimum Gasteiger partial charge on any atom is -0.393 e. The van der Waals surface area contributed by atoms with Gasteiger partial charge in [-0.15, -0.1) is 34.9 Å². The Hall–Kier alpha value is -3.20. The molecular weight excluding hydrogens is 771 g/mol. The number of benzene rings is 3. The van der Waals surface area contributed by atoms with Gasteiger partial charge in [-0.1, -0.05) is 110 Å². The summed E-state index contributed by atoms with van der Waals surface area (Å²) in [4.78, 5) is 10.0. The van der Waals surface area contributed by atoms with Crippen molar-refractivity contribution in [3.8, 4) is 39.8 Å². The SMILES string of the molecule is CCC(CC)C(O)CC(O)C(CC)CC.CCc1cc(C#N)ccc1-c1cnc(-c2[c-]c(C)cc(C)c2)c(-c2cc(C)cc(C)c2)n1.[Ir]. The van der Waals surface area contributed by atoms with Gasteiger partial charge in [-0.25, -0.2) is 0 Å². The summed E-state index contributed by atoms with van der Waals surface area (Å²) in [5, 5.41) is 29.2. The van der Waals surface area contributed by atoms with Crippen molar-refractivity contribution >= 4 is 0 Å². The molecule has 48 heavy (non-hydrogen) atoms. The second-order valence-electron chi connectivity index (χ2n) is 12.9. The Bertz CT molecular complexity index is 1600. The van der Waals surface area contributed by atoms with Crippen molar-refractivity contribution in [1.29, 1.82) is 5.26 Å². The third kappa shape index (κ3) is 10.9. The van der Waals surface area contributed by atoms with E-state index in [0.717, 1.165) is 77.0 Å². The van der Waals surface area contributed by atoms with Crippen LogP contribution < -0.4 is 0 Å². The van der Waals surface area contributed by atoms with Crippen LogP contribution in [0.25, 0.3) is 33.8 Å². The fourth-order valence-corrected chi connectivity index (χ4v) is 6.56. The van der Waals surface area contributed by atoms with Gasteiger partial charge in [0.15, 0.2) is 0 Å². The van der Waals surface area contributed by atoms with Crippen LogP contribution in [0.4, 0.5) is 0 Å². The van der Waals surface area contributed by atoms with Crippen molar-refractivity contribution in [2.45, 2.75) is 113 Å². The van der Waals surface area contributed by atoms with Crippen LogP contribution in [0.5, 0.6) is 0 Å². The molecule has 4 rings (SSSR count). The Labute approximate surface area is 303 Å². The predicted molar refractivity (Wildman–Crippen MR) is 195 cm³/mol. The van der Waals surface area contributed by atoms with Gasteiger partial charge in [-0.3, -0.25) is 4.98 Å². The van der Waals surface area contributed by atoms with Gasteiger partial charge in [0.25, 0.3) is 0 Å². The molecular formula is C42H54IrN3O2-. The van der Waals surface area contributed by atoms with Gasteiger partial charge in [-0.05, 0) is 61.8 Å². The molecule has 0 bridgehead atoms. The molecule has 2 atom stereocenters. The Morgan fingerprint density at radius 3 is 1.81 bits per heavy atom. The van der Waals surface area contributed by atoms with E-state index >= 15 is 0 Å². The molecule has 0 aliphatic carbocycles. The summed E-state index contributed by atoms with van der Waals surface area (Å²) in [6, 6.07) is 22.2. The van der Waals surface area contributed by atoms with Gasteiger partial charge >= 0.3 is 0 Å². The summed E-state index contributed by atoms with van der Waals surface area (Å²) < 4.78 is 0. The molecule has 4 aromatic rings. The molecule has 259 valence electrons. The zero-order valence-corrected chi connectivity index (χ0v) is 32.7. The molecule has 0 aliphatic heterocycles. The van der Waals surface area contributed by atoms with Gasteiger partial charge in [0.2, 0.25) is 0 Å². The third-order valence-electron chi connectivity index (χ3n) is 9.23. The minimum absolute atomic E-state index is 0. The van der Waals surface area contributed by atoms with E-state index in [4.69, 9.17) is 9.97 Å². The average Bonchev–Trinajstić information content (AvgIpc) is 3.04. The number of aliphatic hydroxyl groups excluding tert-OH is 2. The maximum atomic E-state index is 9.96. The molecule has 2 N–H and O–H groups in total. The van der Waals surface area contributed by atoms with Crippen LogP contribution in [-0.2, 0) is 26.5 Å². The number of rotatable bonds is 12. The summed E-state index contributed by atoms with van der Waals surface area (Å²) >= 11 is 0. The first kappa shape index (κ1) is 41.0. The molecule has 1 heterocycles. The van der Waals surface area contributed by atoms with E-state index in [1.165, 1.54) is 16.7 Å². The van der Waals surface area contributed by atoms with E-state index in [1.807, 2.05) is 24.4 Å². The summed E-state index contributed by atoms with van der Waals surface area (Å²) in [7, 11) is 0.